The minimum Gasteiger partial charge on any atom is -0.355 e. The van der Waals surface area contributed by atoms with Crippen LogP contribution in [0, 0.1) is 0 Å². The molecule has 1 aromatic carbocycles. The SMILES string of the molecule is CNCCCC(=O)NCC1(c2ccc(Cl)cc2)CCC1. The first-order valence-electron chi connectivity index (χ1n) is 7.34. The first-order valence-corrected chi connectivity index (χ1v) is 7.71. The molecule has 0 spiro atoms. The maximum atomic E-state index is 11.8. The maximum Gasteiger partial charge on any atom is 0.220 e. The van der Waals surface area contributed by atoms with E-state index in [2.05, 4.69) is 22.8 Å². The summed E-state index contributed by atoms with van der Waals surface area (Å²) in [6, 6.07) is 8.06. The molecule has 0 bridgehead atoms. The van der Waals surface area contributed by atoms with Gasteiger partial charge in [0.05, 0.1) is 0 Å². The number of halogens is 1. The molecule has 0 unspecified atom stereocenters. The highest BCUT2D eigenvalue weighted by Gasteiger charge is 2.38. The van der Waals surface area contributed by atoms with Gasteiger partial charge in [0.1, 0.15) is 0 Å². The third-order valence-electron chi connectivity index (χ3n) is 4.22. The fourth-order valence-electron chi connectivity index (χ4n) is 2.76. The predicted octanol–water partition coefficient (Wildman–Crippen LogP) is 2.88. The third kappa shape index (κ3) is 3.74. The Bertz CT molecular complexity index is 440. The fraction of sp³-hybridized carbons (Fsp3) is 0.562. The molecule has 1 fully saturated rings. The van der Waals surface area contributed by atoms with E-state index >= 15 is 0 Å². The Labute approximate surface area is 126 Å². The third-order valence-corrected chi connectivity index (χ3v) is 4.47. The van der Waals surface area contributed by atoms with Gasteiger partial charge in [-0.15, -0.1) is 0 Å². The normalized spacial score (nSPS) is 16.5. The van der Waals surface area contributed by atoms with Crippen LogP contribution in [0.2, 0.25) is 5.02 Å². The highest BCUT2D eigenvalue weighted by Crippen LogP contribution is 2.43. The molecule has 1 aromatic rings. The summed E-state index contributed by atoms with van der Waals surface area (Å²) in [7, 11) is 1.90. The van der Waals surface area contributed by atoms with Gasteiger partial charge in [0, 0.05) is 23.4 Å². The number of rotatable bonds is 7. The Kier molecular flexibility index (Phi) is 5.44. The van der Waals surface area contributed by atoms with Crippen molar-refractivity contribution in [2.24, 2.45) is 0 Å². The van der Waals surface area contributed by atoms with Gasteiger partial charge in [0.15, 0.2) is 0 Å². The van der Waals surface area contributed by atoms with Crippen LogP contribution < -0.4 is 10.6 Å². The molecule has 2 rings (SSSR count). The topological polar surface area (TPSA) is 41.1 Å². The van der Waals surface area contributed by atoms with Crippen molar-refractivity contribution < 1.29 is 4.79 Å². The fourth-order valence-corrected chi connectivity index (χ4v) is 2.88. The molecule has 1 saturated carbocycles. The van der Waals surface area contributed by atoms with Crippen LogP contribution in [-0.4, -0.2) is 26.0 Å². The number of carbonyl (C=O) groups excluding carboxylic acids is 1. The summed E-state index contributed by atoms with van der Waals surface area (Å²) >= 11 is 5.95. The van der Waals surface area contributed by atoms with Crippen LogP contribution in [-0.2, 0) is 10.2 Å². The summed E-state index contributed by atoms with van der Waals surface area (Å²) in [4.78, 5) is 11.8. The van der Waals surface area contributed by atoms with Crippen LogP contribution in [0.4, 0.5) is 0 Å². The summed E-state index contributed by atoms with van der Waals surface area (Å²) in [6.45, 7) is 1.63. The number of benzene rings is 1. The first-order chi connectivity index (χ1) is 9.66. The largest absolute Gasteiger partial charge is 0.355 e. The molecule has 4 heteroatoms. The molecule has 1 aliphatic rings. The minimum atomic E-state index is 0.128. The lowest BCUT2D eigenvalue weighted by molar-refractivity contribution is -0.121. The molecular formula is C16H23ClN2O. The number of hydrogen-bond donors (Lipinski definition) is 2. The Hall–Kier alpha value is -1.06. The number of hydrogen-bond acceptors (Lipinski definition) is 2. The summed E-state index contributed by atoms with van der Waals surface area (Å²) in [5.74, 6) is 0.153. The molecule has 1 aliphatic carbocycles. The molecule has 0 saturated heterocycles. The van der Waals surface area contributed by atoms with Gasteiger partial charge in [-0.3, -0.25) is 4.79 Å². The second kappa shape index (κ2) is 7.09. The van der Waals surface area contributed by atoms with Crippen molar-refractivity contribution in [2.45, 2.75) is 37.5 Å². The van der Waals surface area contributed by atoms with Crippen molar-refractivity contribution in [1.82, 2.24) is 10.6 Å². The first kappa shape index (κ1) is 15.3. The van der Waals surface area contributed by atoms with Crippen LogP contribution >= 0.6 is 11.6 Å². The zero-order chi connectivity index (χ0) is 14.4. The molecular weight excluding hydrogens is 272 g/mol. The molecule has 20 heavy (non-hydrogen) atoms. The van der Waals surface area contributed by atoms with Gasteiger partial charge in [-0.05, 0) is 50.6 Å². The van der Waals surface area contributed by atoms with Crippen molar-refractivity contribution in [3.63, 3.8) is 0 Å². The molecule has 0 aromatic heterocycles. The predicted molar refractivity (Wildman–Crippen MR) is 83.2 cm³/mol. The zero-order valence-electron chi connectivity index (χ0n) is 12.0. The van der Waals surface area contributed by atoms with Crippen molar-refractivity contribution in [2.75, 3.05) is 20.1 Å². The van der Waals surface area contributed by atoms with Crippen LogP contribution in [0.1, 0.15) is 37.7 Å². The van der Waals surface area contributed by atoms with E-state index in [4.69, 9.17) is 11.6 Å². The van der Waals surface area contributed by atoms with E-state index in [-0.39, 0.29) is 11.3 Å². The van der Waals surface area contributed by atoms with E-state index in [1.807, 2.05) is 19.2 Å². The second-order valence-corrected chi connectivity index (χ2v) is 6.06. The highest BCUT2D eigenvalue weighted by molar-refractivity contribution is 6.30. The highest BCUT2D eigenvalue weighted by atomic mass is 35.5. The maximum absolute atomic E-state index is 11.8. The van der Waals surface area contributed by atoms with Gasteiger partial charge < -0.3 is 10.6 Å². The van der Waals surface area contributed by atoms with Crippen LogP contribution in [0.5, 0.6) is 0 Å². The quantitative estimate of drug-likeness (QED) is 0.759. The van der Waals surface area contributed by atoms with Crippen molar-refractivity contribution >= 4 is 17.5 Å². The van der Waals surface area contributed by atoms with Gasteiger partial charge in [0.2, 0.25) is 5.91 Å². The second-order valence-electron chi connectivity index (χ2n) is 5.62. The van der Waals surface area contributed by atoms with Crippen molar-refractivity contribution in [3.05, 3.63) is 34.9 Å². The van der Waals surface area contributed by atoms with Gasteiger partial charge in [-0.1, -0.05) is 30.2 Å². The molecule has 110 valence electrons. The summed E-state index contributed by atoms with van der Waals surface area (Å²) < 4.78 is 0. The Balaban J connectivity index is 1.88. The molecule has 0 radical (unpaired) electrons. The molecule has 2 N–H and O–H groups in total. The molecule has 0 atom stereocenters. The summed E-state index contributed by atoms with van der Waals surface area (Å²) in [5, 5.41) is 6.92. The molecule has 3 nitrogen and oxygen atoms in total. The van der Waals surface area contributed by atoms with Crippen LogP contribution in [0.15, 0.2) is 24.3 Å². The lowest BCUT2D eigenvalue weighted by Crippen LogP contribution is -2.45. The Morgan fingerprint density at radius 3 is 2.55 bits per heavy atom. The van der Waals surface area contributed by atoms with E-state index in [1.165, 1.54) is 12.0 Å². The lowest BCUT2D eigenvalue weighted by atomic mass is 9.64. The minimum absolute atomic E-state index is 0.128. The van der Waals surface area contributed by atoms with Gasteiger partial charge in [-0.25, -0.2) is 0 Å². The van der Waals surface area contributed by atoms with Crippen molar-refractivity contribution in [3.8, 4) is 0 Å². The zero-order valence-corrected chi connectivity index (χ0v) is 12.8. The van der Waals surface area contributed by atoms with Gasteiger partial charge >= 0.3 is 0 Å². The average Bonchev–Trinajstić information content (AvgIpc) is 2.40. The number of carbonyl (C=O) groups is 1. The smallest absolute Gasteiger partial charge is 0.220 e. The Morgan fingerprint density at radius 1 is 1.30 bits per heavy atom. The number of nitrogens with one attached hydrogen (secondary N) is 2. The van der Waals surface area contributed by atoms with Crippen LogP contribution in [0.3, 0.4) is 0 Å². The molecule has 0 heterocycles. The summed E-state index contributed by atoms with van der Waals surface area (Å²) in [6.07, 6.45) is 5.00. The van der Waals surface area contributed by atoms with E-state index in [9.17, 15) is 4.79 Å². The van der Waals surface area contributed by atoms with E-state index in [0.717, 1.165) is 37.4 Å². The van der Waals surface area contributed by atoms with E-state index in [0.29, 0.717) is 6.42 Å². The molecule has 1 amide bonds. The average molecular weight is 295 g/mol. The van der Waals surface area contributed by atoms with Gasteiger partial charge in [-0.2, -0.15) is 0 Å². The Morgan fingerprint density at radius 2 is 2.00 bits per heavy atom. The van der Waals surface area contributed by atoms with Crippen LogP contribution in [0.25, 0.3) is 0 Å². The monoisotopic (exact) mass is 294 g/mol. The van der Waals surface area contributed by atoms with E-state index < -0.39 is 0 Å². The van der Waals surface area contributed by atoms with E-state index in [1.54, 1.807) is 0 Å². The standard InChI is InChI=1S/C16H23ClN2O/c1-18-11-2-4-15(20)19-12-16(9-3-10-16)13-5-7-14(17)8-6-13/h5-8,18H,2-4,9-12H2,1H3,(H,19,20). The molecule has 0 aliphatic heterocycles. The number of amides is 1. The van der Waals surface area contributed by atoms with Gasteiger partial charge in [0.25, 0.3) is 0 Å². The van der Waals surface area contributed by atoms with Crippen molar-refractivity contribution in [1.29, 1.82) is 0 Å². The summed E-state index contributed by atoms with van der Waals surface area (Å²) in [5.41, 5.74) is 1.42. The lowest BCUT2D eigenvalue weighted by Gasteiger charge is -2.42.